The van der Waals surface area contributed by atoms with Crippen molar-refractivity contribution in [2.45, 2.75) is 19.8 Å². The molecule has 0 aliphatic carbocycles. The molecule has 0 radical (unpaired) electrons. The number of anilines is 1. The molecule has 0 unspecified atom stereocenters. The van der Waals surface area contributed by atoms with Gasteiger partial charge in [-0.15, -0.1) is 0 Å². The fraction of sp³-hybridized carbons (Fsp3) is 0.429. The van der Waals surface area contributed by atoms with Crippen LogP contribution >= 0.6 is 15.9 Å². The van der Waals surface area contributed by atoms with E-state index < -0.39 is 23.7 Å². The van der Waals surface area contributed by atoms with Gasteiger partial charge in [0.25, 0.3) is 0 Å². The van der Waals surface area contributed by atoms with Crippen molar-refractivity contribution in [3.05, 3.63) is 28.0 Å². The number of hydrogen-bond donors (Lipinski definition) is 2. The molecule has 1 heterocycles. The molecule has 1 saturated heterocycles. The number of carbonyl (C=O) groups is 2. The maximum absolute atomic E-state index is 13.8. The number of aliphatic carboxylic acids is 1. The van der Waals surface area contributed by atoms with Crippen LogP contribution in [0.1, 0.15) is 18.4 Å². The summed E-state index contributed by atoms with van der Waals surface area (Å²) in [4.78, 5) is 24.5. The van der Waals surface area contributed by atoms with Crippen LogP contribution in [0.15, 0.2) is 16.6 Å². The van der Waals surface area contributed by atoms with Crippen molar-refractivity contribution >= 4 is 33.6 Å². The van der Waals surface area contributed by atoms with E-state index in [1.165, 1.54) is 11.0 Å². The van der Waals surface area contributed by atoms with Gasteiger partial charge in [-0.25, -0.2) is 9.18 Å². The van der Waals surface area contributed by atoms with E-state index in [0.29, 0.717) is 30.4 Å². The lowest BCUT2D eigenvalue weighted by Crippen LogP contribution is -2.42. The van der Waals surface area contributed by atoms with Crippen LogP contribution in [-0.4, -0.2) is 35.1 Å². The van der Waals surface area contributed by atoms with Crippen LogP contribution in [0.5, 0.6) is 0 Å². The zero-order valence-corrected chi connectivity index (χ0v) is 13.1. The summed E-state index contributed by atoms with van der Waals surface area (Å²) >= 11 is 3.22. The number of amides is 2. The predicted octanol–water partition coefficient (Wildman–Crippen LogP) is 3.23. The van der Waals surface area contributed by atoms with Gasteiger partial charge in [0.2, 0.25) is 0 Å². The number of nitrogens with one attached hydrogen (secondary N) is 1. The SMILES string of the molecule is Cc1cc(NC(=O)N2CCC(C(=O)O)CC2)c(F)cc1Br. The maximum Gasteiger partial charge on any atom is 0.321 e. The lowest BCUT2D eigenvalue weighted by atomic mass is 9.97. The molecule has 114 valence electrons. The van der Waals surface area contributed by atoms with Gasteiger partial charge in [0, 0.05) is 17.6 Å². The van der Waals surface area contributed by atoms with Crippen molar-refractivity contribution in [2.75, 3.05) is 18.4 Å². The van der Waals surface area contributed by atoms with Crippen molar-refractivity contribution in [3.8, 4) is 0 Å². The average Bonchev–Trinajstić information content (AvgIpc) is 2.44. The van der Waals surface area contributed by atoms with Crippen molar-refractivity contribution in [1.29, 1.82) is 0 Å². The summed E-state index contributed by atoms with van der Waals surface area (Å²) in [6.07, 6.45) is 0.842. The molecule has 7 heteroatoms. The number of piperidine rings is 1. The van der Waals surface area contributed by atoms with E-state index in [2.05, 4.69) is 21.2 Å². The van der Waals surface area contributed by atoms with Crippen LogP contribution in [0.25, 0.3) is 0 Å². The van der Waals surface area contributed by atoms with Gasteiger partial charge in [0.15, 0.2) is 0 Å². The molecule has 2 amide bonds. The molecule has 0 spiro atoms. The van der Waals surface area contributed by atoms with E-state index in [0.717, 1.165) is 5.56 Å². The molecule has 0 aromatic heterocycles. The monoisotopic (exact) mass is 358 g/mol. The minimum absolute atomic E-state index is 0.126. The Balaban J connectivity index is 2.00. The molecule has 21 heavy (non-hydrogen) atoms. The molecule has 1 aromatic rings. The molecule has 0 saturated carbocycles. The number of halogens is 2. The Morgan fingerprint density at radius 3 is 2.57 bits per heavy atom. The van der Waals surface area contributed by atoms with Crippen LogP contribution < -0.4 is 5.32 Å². The number of hydrogen-bond acceptors (Lipinski definition) is 2. The van der Waals surface area contributed by atoms with E-state index in [9.17, 15) is 14.0 Å². The highest BCUT2D eigenvalue weighted by Gasteiger charge is 2.27. The highest BCUT2D eigenvalue weighted by molar-refractivity contribution is 9.10. The Hall–Kier alpha value is -1.63. The summed E-state index contributed by atoms with van der Waals surface area (Å²) in [7, 11) is 0. The lowest BCUT2D eigenvalue weighted by molar-refractivity contribution is -0.143. The van der Waals surface area contributed by atoms with Crippen molar-refractivity contribution in [1.82, 2.24) is 4.90 Å². The second-order valence-corrected chi connectivity index (χ2v) is 5.97. The minimum atomic E-state index is -0.829. The third kappa shape index (κ3) is 3.72. The number of likely N-dealkylation sites (tertiary alicyclic amines) is 1. The maximum atomic E-state index is 13.8. The van der Waals surface area contributed by atoms with Gasteiger partial charge < -0.3 is 15.3 Å². The Kier molecular flexibility index (Phi) is 4.82. The molecule has 2 N–H and O–H groups in total. The van der Waals surface area contributed by atoms with Crippen molar-refractivity contribution in [3.63, 3.8) is 0 Å². The summed E-state index contributed by atoms with van der Waals surface area (Å²) in [6.45, 7) is 2.53. The Bertz CT molecular complexity index is 572. The van der Waals surface area contributed by atoms with Gasteiger partial charge in [-0.05, 0) is 37.5 Å². The van der Waals surface area contributed by atoms with Crippen LogP contribution in [0.4, 0.5) is 14.9 Å². The summed E-state index contributed by atoms with van der Waals surface area (Å²) in [6, 6.07) is 2.46. The number of carbonyl (C=O) groups excluding carboxylic acids is 1. The van der Waals surface area contributed by atoms with Gasteiger partial charge in [-0.3, -0.25) is 4.79 Å². The summed E-state index contributed by atoms with van der Waals surface area (Å²) < 4.78 is 14.4. The zero-order chi connectivity index (χ0) is 15.6. The molecule has 2 rings (SSSR count). The standard InChI is InChI=1S/C14H16BrFN2O3/c1-8-6-12(11(16)7-10(8)15)17-14(21)18-4-2-9(3-5-18)13(19)20/h6-7,9H,2-5H2,1H3,(H,17,21)(H,19,20). The molecule has 1 aliphatic rings. The number of rotatable bonds is 2. The molecule has 5 nitrogen and oxygen atoms in total. The first-order valence-electron chi connectivity index (χ1n) is 6.63. The smallest absolute Gasteiger partial charge is 0.321 e. The van der Waals surface area contributed by atoms with Gasteiger partial charge >= 0.3 is 12.0 Å². The van der Waals surface area contributed by atoms with Crippen LogP contribution in [0.2, 0.25) is 0 Å². The number of aryl methyl sites for hydroxylation is 1. The third-order valence-electron chi connectivity index (χ3n) is 3.62. The Morgan fingerprint density at radius 2 is 2.00 bits per heavy atom. The fourth-order valence-electron chi connectivity index (χ4n) is 2.28. The van der Waals surface area contributed by atoms with Gasteiger partial charge in [0.05, 0.1) is 11.6 Å². The quantitative estimate of drug-likeness (QED) is 0.852. The third-order valence-corrected chi connectivity index (χ3v) is 4.48. The Labute approximate surface area is 130 Å². The first-order chi connectivity index (χ1) is 9.88. The van der Waals surface area contributed by atoms with E-state index >= 15 is 0 Å². The number of benzene rings is 1. The molecule has 1 fully saturated rings. The normalized spacial score (nSPS) is 15.9. The molecule has 0 atom stereocenters. The van der Waals surface area contributed by atoms with Crippen LogP contribution in [0, 0.1) is 18.7 Å². The van der Waals surface area contributed by atoms with Crippen LogP contribution in [0.3, 0.4) is 0 Å². The topological polar surface area (TPSA) is 69.6 Å². The highest BCUT2D eigenvalue weighted by atomic mass is 79.9. The van der Waals surface area contributed by atoms with Gasteiger partial charge in [-0.1, -0.05) is 15.9 Å². The summed E-state index contributed by atoms with van der Waals surface area (Å²) in [5.41, 5.74) is 0.942. The highest BCUT2D eigenvalue weighted by Crippen LogP contribution is 2.25. The van der Waals surface area contributed by atoms with E-state index in [4.69, 9.17) is 5.11 Å². The van der Waals surface area contributed by atoms with Crippen molar-refractivity contribution < 1.29 is 19.1 Å². The molecule has 1 aromatic carbocycles. The average molecular weight is 359 g/mol. The second kappa shape index (κ2) is 6.43. The molecule has 0 bridgehead atoms. The number of carboxylic acids is 1. The molecule has 1 aliphatic heterocycles. The predicted molar refractivity (Wildman–Crippen MR) is 79.8 cm³/mol. The summed E-state index contributed by atoms with van der Waals surface area (Å²) in [5.74, 6) is -1.74. The zero-order valence-electron chi connectivity index (χ0n) is 11.5. The number of carboxylic acid groups (broad SMARTS) is 1. The van der Waals surface area contributed by atoms with Gasteiger partial charge in [0.1, 0.15) is 5.82 Å². The number of nitrogens with zero attached hydrogens (tertiary/aromatic N) is 1. The van der Waals surface area contributed by atoms with E-state index in [1.54, 1.807) is 13.0 Å². The van der Waals surface area contributed by atoms with E-state index in [1.807, 2.05) is 0 Å². The largest absolute Gasteiger partial charge is 0.481 e. The molecular formula is C14H16BrFN2O3. The van der Waals surface area contributed by atoms with Gasteiger partial charge in [-0.2, -0.15) is 0 Å². The molecular weight excluding hydrogens is 343 g/mol. The lowest BCUT2D eigenvalue weighted by Gasteiger charge is -2.30. The first kappa shape index (κ1) is 15.8. The van der Waals surface area contributed by atoms with Crippen molar-refractivity contribution in [2.24, 2.45) is 5.92 Å². The summed E-state index contributed by atoms with van der Waals surface area (Å²) in [5, 5.41) is 11.5. The fourth-order valence-corrected chi connectivity index (χ4v) is 2.59. The minimum Gasteiger partial charge on any atom is -0.481 e. The van der Waals surface area contributed by atoms with E-state index in [-0.39, 0.29) is 5.69 Å². The number of urea groups is 1. The van der Waals surface area contributed by atoms with Crippen LogP contribution in [-0.2, 0) is 4.79 Å². The first-order valence-corrected chi connectivity index (χ1v) is 7.42. The second-order valence-electron chi connectivity index (χ2n) is 5.11. The Morgan fingerprint density at radius 1 is 1.38 bits per heavy atom.